The van der Waals surface area contributed by atoms with E-state index in [1.165, 1.54) is 6.42 Å². The van der Waals surface area contributed by atoms with Crippen molar-refractivity contribution in [1.82, 2.24) is 20.2 Å². The molecule has 0 bridgehead atoms. The van der Waals surface area contributed by atoms with Crippen LogP contribution in [0.25, 0.3) is 10.9 Å². The quantitative estimate of drug-likeness (QED) is 0.515. The van der Waals surface area contributed by atoms with Crippen LogP contribution in [0.2, 0.25) is 0 Å². The fraction of sp³-hybridized carbons (Fsp3) is 0.524. The molecule has 1 saturated carbocycles. The van der Waals surface area contributed by atoms with Gasteiger partial charge in [-0.15, -0.1) is 0 Å². The molecule has 2 aromatic rings. The number of nitrogens with zero attached hydrogens (tertiary/aromatic N) is 2. The number of nitrogens with one attached hydrogen (secondary N) is 2. The molecule has 1 atom stereocenters. The van der Waals surface area contributed by atoms with E-state index in [-0.39, 0.29) is 23.4 Å². The van der Waals surface area contributed by atoms with E-state index in [1.54, 1.807) is 29.9 Å². The van der Waals surface area contributed by atoms with E-state index in [0.29, 0.717) is 22.7 Å². The minimum Gasteiger partial charge on any atom is -0.383 e. The van der Waals surface area contributed by atoms with Gasteiger partial charge in [0.15, 0.2) is 5.16 Å². The van der Waals surface area contributed by atoms with Crippen LogP contribution in [-0.4, -0.2) is 47.0 Å². The second kappa shape index (κ2) is 10.6. The summed E-state index contributed by atoms with van der Waals surface area (Å²) in [5.74, 6) is -0.454. The summed E-state index contributed by atoms with van der Waals surface area (Å²) in [5, 5.41) is 6.17. The monoisotopic (exact) mass is 432 g/mol. The van der Waals surface area contributed by atoms with Crippen LogP contribution in [0, 0.1) is 0 Å². The fourth-order valence-electron chi connectivity index (χ4n) is 3.69. The van der Waals surface area contributed by atoms with Gasteiger partial charge in [0.25, 0.3) is 5.56 Å². The van der Waals surface area contributed by atoms with Crippen LogP contribution in [0.3, 0.4) is 0 Å². The number of thioether (sulfide) groups is 1. The Morgan fingerprint density at radius 1 is 1.27 bits per heavy atom. The van der Waals surface area contributed by atoms with E-state index < -0.39 is 11.9 Å². The average Bonchev–Trinajstić information content (AvgIpc) is 2.73. The summed E-state index contributed by atoms with van der Waals surface area (Å²) >= 11 is 1.13. The first-order chi connectivity index (χ1) is 14.5. The molecule has 1 fully saturated rings. The smallest absolute Gasteiger partial charge is 0.321 e. The van der Waals surface area contributed by atoms with Gasteiger partial charge in [0.05, 0.1) is 29.3 Å². The Hall–Kier alpha value is -2.39. The molecule has 2 N–H and O–H groups in total. The van der Waals surface area contributed by atoms with Crippen molar-refractivity contribution in [3.63, 3.8) is 0 Å². The van der Waals surface area contributed by atoms with Crippen LogP contribution in [-0.2, 0) is 9.53 Å². The number of rotatable bonds is 7. The first-order valence-corrected chi connectivity index (χ1v) is 11.2. The number of hydrogen-bond donors (Lipinski definition) is 2. The number of fused-ring (bicyclic) bond motifs is 1. The highest BCUT2D eigenvalue weighted by Gasteiger charge is 2.19. The molecule has 0 radical (unpaired) electrons. The third kappa shape index (κ3) is 5.60. The van der Waals surface area contributed by atoms with Gasteiger partial charge in [0, 0.05) is 13.2 Å². The number of amides is 3. The lowest BCUT2D eigenvalue weighted by Gasteiger charge is -2.22. The maximum atomic E-state index is 13.0. The van der Waals surface area contributed by atoms with E-state index in [4.69, 9.17) is 4.74 Å². The molecular formula is C21H28N4O4S. The first kappa shape index (κ1) is 22.3. The molecule has 1 heterocycles. The van der Waals surface area contributed by atoms with Gasteiger partial charge in [-0.05, 0) is 31.9 Å². The third-order valence-corrected chi connectivity index (χ3v) is 6.10. The standard InChI is InChI=1S/C21H28N4O4S/c1-14(12-29-2)25-19(27)16-10-6-7-11-17(16)23-21(25)30-13-18(26)24-20(28)22-15-8-4-3-5-9-15/h6-7,10-11,14-15H,3-5,8-9,12-13H2,1-2H3,(H2,22,24,26,28). The molecule has 8 nitrogen and oxygen atoms in total. The summed E-state index contributed by atoms with van der Waals surface area (Å²) in [6.45, 7) is 2.20. The summed E-state index contributed by atoms with van der Waals surface area (Å²) in [4.78, 5) is 41.9. The molecule has 1 aromatic heterocycles. The fourth-order valence-corrected chi connectivity index (χ4v) is 4.59. The van der Waals surface area contributed by atoms with Crippen LogP contribution < -0.4 is 16.2 Å². The lowest BCUT2D eigenvalue weighted by atomic mass is 9.96. The maximum absolute atomic E-state index is 13.0. The normalized spacial score (nSPS) is 15.7. The lowest BCUT2D eigenvalue weighted by molar-refractivity contribution is -0.117. The highest BCUT2D eigenvalue weighted by Crippen LogP contribution is 2.21. The number of benzene rings is 1. The zero-order valence-corrected chi connectivity index (χ0v) is 18.2. The number of para-hydroxylation sites is 1. The molecule has 0 saturated heterocycles. The molecular weight excluding hydrogens is 404 g/mol. The van der Waals surface area contributed by atoms with Gasteiger partial charge in [-0.3, -0.25) is 19.5 Å². The summed E-state index contributed by atoms with van der Waals surface area (Å²) in [7, 11) is 1.57. The minimum atomic E-state index is -0.468. The first-order valence-electron chi connectivity index (χ1n) is 10.2. The van der Waals surface area contributed by atoms with Crippen molar-refractivity contribution in [3.8, 4) is 0 Å². The second-order valence-corrected chi connectivity index (χ2v) is 8.48. The van der Waals surface area contributed by atoms with E-state index >= 15 is 0 Å². The van der Waals surface area contributed by atoms with Crippen molar-refractivity contribution < 1.29 is 14.3 Å². The predicted octanol–water partition coefficient (Wildman–Crippen LogP) is 2.85. The number of imide groups is 1. The topological polar surface area (TPSA) is 102 Å². The van der Waals surface area contributed by atoms with E-state index in [2.05, 4.69) is 15.6 Å². The molecule has 1 aromatic carbocycles. The van der Waals surface area contributed by atoms with E-state index in [0.717, 1.165) is 37.4 Å². The Morgan fingerprint density at radius 2 is 2.00 bits per heavy atom. The molecule has 162 valence electrons. The maximum Gasteiger partial charge on any atom is 0.321 e. The number of carbonyl (C=O) groups excluding carboxylic acids is 2. The number of hydrogen-bond acceptors (Lipinski definition) is 6. The Kier molecular flexibility index (Phi) is 7.87. The molecule has 1 unspecified atom stereocenters. The van der Waals surface area contributed by atoms with Gasteiger partial charge in [-0.25, -0.2) is 9.78 Å². The Labute approximate surface area is 179 Å². The molecule has 3 rings (SSSR count). The van der Waals surface area contributed by atoms with Gasteiger partial charge >= 0.3 is 6.03 Å². The lowest BCUT2D eigenvalue weighted by Crippen LogP contribution is -2.45. The Morgan fingerprint density at radius 3 is 2.73 bits per heavy atom. The predicted molar refractivity (Wildman–Crippen MR) is 117 cm³/mol. The van der Waals surface area contributed by atoms with Crippen molar-refractivity contribution in [2.24, 2.45) is 0 Å². The molecule has 9 heteroatoms. The van der Waals surface area contributed by atoms with Crippen molar-refractivity contribution in [3.05, 3.63) is 34.6 Å². The van der Waals surface area contributed by atoms with Crippen LogP contribution in [0.4, 0.5) is 4.79 Å². The highest BCUT2D eigenvalue weighted by molar-refractivity contribution is 7.99. The third-order valence-electron chi connectivity index (χ3n) is 5.15. The van der Waals surface area contributed by atoms with Gasteiger partial charge in [0.2, 0.25) is 5.91 Å². The summed E-state index contributed by atoms with van der Waals surface area (Å²) < 4.78 is 6.75. The van der Waals surface area contributed by atoms with E-state index in [9.17, 15) is 14.4 Å². The van der Waals surface area contributed by atoms with Gasteiger partial charge in [0.1, 0.15) is 0 Å². The number of methoxy groups -OCH3 is 1. The summed E-state index contributed by atoms with van der Waals surface area (Å²) in [5.41, 5.74) is 0.393. The summed E-state index contributed by atoms with van der Waals surface area (Å²) in [6.07, 6.45) is 5.28. The Balaban J connectivity index is 1.69. The van der Waals surface area contributed by atoms with Crippen molar-refractivity contribution in [2.75, 3.05) is 19.5 Å². The van der Waals surface area contributed by atoms with Crippen LogP contribution in [0.1, 0.15) is 45.1 Å². The molecule has 30 heavy (non-hydrogen) atoms. The van der Waals surface area contributed by atoms with Crippen molar-refractivity contribution in [1.29, 1.82) is 0 Å². The highest BCUT2D eigenvalue weighted by atomic mass is 32.2. The number of urea groups is 1. The molecule has 0 spiro atoms. The zero-order valence-electron chi connectivity index (χ0n) is 17.3. The van der Waals surface area contributed by atoms with Gasteiger partial charge in [-0.2, -0.15) is 0 Å². The number of ether oxygens (including phenoxy) is 1. The molecule has 0 aliphatic heterocycles. The van der Waals surface area contributed by atoms with Crippen molar-refractivity contribution in [2.45, 2.75) is 56.3 Å². The van der Waals surface area contributed by atoms with Crippen LogP contribution in [0.5, 0.6) is 0 Å². The number of carbonyl (C=O) groups is 2. The molecule has 1 aliphatic carbocycles. The molecule has 3 amide bonds. The second-order valence-electron chi connectivity index (χ2n) is 7.54. The van der Waals surface area contributed by atoms with Crippen molar-refractivity contribution >= 4 is 34.6 Å². The Bertz CT molecular complexity index is 956. The zero-order chi connectivity index (χ0) is 21.5. The SMILES string of the molecule is COCC(C)n1c(SCC(=O)NC(=O)NC2CCCCC2)nc2ccccc2c1=O. The van der Waals surface area contributed by atoms with Crippen LogP contribution in [0.15, 0.2) is 34.2 Å². The van der Waals surface area contributed by atoms with E-state index in [1.807, 2.05) is 13.0 Å². The minimum absolute atomic E-state index is 0.0252. The largest absolute Gasteiger partial charge is 0.383 e. The summed E-state index contributed by atoms with van der Waals surface area (Å²) in [6, 6.07) is 6.52. The number of aromatic nitrogens is 2. The van der Waals surface area contributed by atoms with Gasteiger partial charge < -0.3 is 10.1 Å². The molecule has 1 aliphatic rings. The van der Waals surface area contributed by atoms with Gasteiger partial charge in [-0.1, -0.05) is 43.2 Å². The average molecular weight is 433 g/mol. The van der Waals surface area contributed by atoms with Crippen LogP contribution >= 0.6 is 11.8 Å².